The van der Waals surface area contributed by atoms with E-state index in [2.05, 4.69) is 45.2 Å². The molecular weight excluding hydrogens is 234 g/mol. The summed E-state index contributed by atoms with van der Waals surface area (Å²) in [4.78, 5) is 11.5. The molecule has 1 aliphatic carbocycles. The quantitative estimate of drug-likeness (QED) is 0.838. The minimum Gasteiger partial charge on any atom is -0.298 e. The zero-order valence-corrected chi connectivity index (χ0v) is 10.9. The maximum Gasteiger partial charge on any atom is 0.135 e. The Hall–Kier alpha value is -1.74. The van der Waals surface area contributed by atoms with Crippen molar-refractivity contribution in [2.45, 2.75) is 18.4 Å². The highest BCUT2D eigenvalue weighted by molar-refractivity contribution is 5.28. The first kappa shape index (κ1) is 11.1. The standard InChI is InChI=1S/C16H17N3/c1-2-5-13(6-3-1)10-19-11-14-9-16(14,12-19)15-17-7-4-8-18-15/h1-8,14H,9-12H2/t14-,16?/m1/s1. The average molecular weight is 251 g/mol. The molecule has 1 saturated carbocycles. The number of nitrogens with zero attached hydrogens (tertiary/aromatic N) is 3. The van der Waals surface area contributed by atoms with E-state index in [4.69, 9.17) is 0 Å². The minimum absolute atomic E-state index is 0.260. The summed E-state index contributed by atoms with van der Waals surface area (Å²) in [6.45, 7) is 3.34. The second-order valence-electron chi connectivity index (χ2n) is 5.78. The van der Waals surface area contributed by atoms with Crippen molar-refractivity contribution in [2.75, 3.05) is 13.1 Å². The van der Waals surface area contributed by atoms with Gasteiger partial charge in [0.05, 0.1) is 0 Å². The monoisotopic (exact) mass is 251 g/mol. The van der Waals surface area contributed by atoms with Gasteiger partial charge in [0.1, 0.15) is 5.82 Å². The van der Waals surface area contributed by atoms with Gasteiger partial charge in [-0.2, -0.15) is 0 Å². The van der Waals surface area contributed by atoms with Crippen molar-refractivity contribution < 1.29 is 0 Å². The Labute approximate surface area is 113 Å². The van der Waals surface area contributed by atoms with Gasteiger partial charge in [-0.1, -0.05) is 30.3 Å². The van der Waals surface area contributed by atoms with Crippen LogP contribution in [0.1, 0.15) is 17.8 Å². The highest BCUT2D eigenvalue weighted by atomic mass is 15.2. The van der Waals surface area contributed by atoms with E-state index in [1.165, 1.54) is 18.5 Å². The van der Waals surface area contributed by atoms with Crippen LogP contribution in [0, 0.1) is 5.92 Å². The maximum atomic E-state index is 4.48. The van der Waals surface area contributed by atoms with Gasteiger partial charge in [0, 0.05) is 37.4 Å². The molecule has 0 amide bonds. The van der Waals surface area contributed by atoms with Crippen LogP contribution in [0.5, 0.6) is 0 Å². The largest absolute Gasteiger partial charge is 0.298 e. The number of hydrogen-bond acceptors (Lipinski definition) is 3. The predicted molar refractivity (Wildman–Crippen MR) is 73.5 cm³/mol. The smallest absolute Gasteiger partial charge is 0.135 e. The van der Waals surface area contributed by atoms with Crippen LogP contribution >= 0.6 is 0 Å². The SMILES string of the molecule is c1ccc(CN2C[C@H]3CC3(c3ncccn3)C2)cc1. The Balaban J connectivity index is 1.50. The number of aromatic nitrogens is 2. The number of fused-ring (bicyclic) bond motifs is 1. The lowest BCUT2D eigenvalue weighted by atomic mass is 10.1. The summed E-state index contributed by atoms with van der Waals surface area (Å²) >= 11 is 0. The second-order valence-corrected chi connectivity index (χ2v) is 5.78. The van der Waals surface area contributed by atoms with Gasteiger partial charge in [-0.25, -0.2) is 9.97 Å². The van der Waals surface area contributed by atoms with E-state index in [0.717, 1.165) is 24.8 Å². The molecule has 1 aliphatic heterocycles. The molecule has 0 radical (unpaired) electrons. The van der Waals surface area contributed by atoms with Gasteiger partial charge in [-0.05, 0) is 24.0 Å². The summed E-state index contributed by atoms with van der Waals surface area (Å²) in [6, 6.07) is 12.6. The van der Waals surface area contributed by atoms with Crippen molar-refractivity contribution >= 4 is 0 Å². The number of piperidine rings is 1. The molecule has 3 nitrogen and oxygen atoms in total. The van der Waals surface area contributed by atoms with Gasteiger partial charge in [0.15, 0.2) is 0 Å². The molecule has 0 N–H and O–H groups in total. The van der Waals surface area contributed by atoms with E-state index >= 15 is 0 Å². The number of likely N-dealkylation sites (tertiary alicyclic amines) is 1. The van der Waals surface area contributed by atoms with E-state index in [9.17, 15) is 0 Å². The van der Waals surface area contributed by atoms with Gasteiger partial charge < -0.3 is 0 Å². The van der Waals surface area contributed by atoms with Crippen LogP contribution in [0.3, 0.4) is 0 Å². The molecule has 0 spiro atoms. The predicted octanol–water partition coefficient (Wildman–Crippen LogP) is 2.25. The van der Waals surface area contributed by atoms with Crippen molar-refractivity contribution in [3.8, 4) is 0 Å². The Kier molecular flexibility index (Phi) is 2.42. The van der Waals surface area contributed by atoms with Crippen LogP contribution in [0.4, 0.5) is 0 Å². The molecule has 0 bridgehead atoms. The highest BCUT2D eigenvalue weighted by Gasteiger charge is 2.62. The first-order chi connectivity index (χ1) is 9.37. The molecule has 2 fully saturated rings. The van der Waals surface area contributed by atoms with Crippen LogP contribution < -0.4 is 0 Å². The molecule has 2 atom stereocenters. The fourth-order valence-electron chi connectivity index (χ4n) is 3.45. The maximum absolute atomic E-state index is 4.48. The van der Waals surface area contributed by atoms with Gasteiger partial charge in [-0.3, -0.25) is 4.90 Å². The molecule has 1 unspecified atom stereocenters. The van der Waals surface area contributed by atoms with Gasteiger partial charge in [0.2, 0.25) is 0 Å². The molecular formula is C16H17N3. The molecule has 4 rings (SSSR count). The fourth-order valence-corrected chi connectivity index (χ4v) is 3.45. The molecule has 3 heteroatoms. The Bertz CT molecular complexity index is 569. The van der Waals surface area contributed by atoms with Gasteiger partial charge in [0.25, 0.3) is 0 Å². The number of benzene rings is 1. The van der Waals surface area contributed by atoms with Crippen LogP contribution in [0.2, 0.25) is 0 Å². The first-order valence-electron chi connectivity index (χ1n) is 6.91. The van der Waals surface area contributed by atoms with Gasteiger partial charge in [-0.15, -0.1) is 0 Å². The molecule has 1 saturated heterocycles. The number of hydrogen-bond donors (Lipinski definition) is 0. The third-order valence-corrected chi connectivity index (χ3v) is 4.48. The van der Waals surface area contributed by atoms with Crippen LogP contribution in [0.25, 0.3) is 0 Å². The number of rotatable bonds is 3. The minimum atomic E-state index is 0.260. The van der Waals surface area contributed by atoms with Crippen molar-refractivity contribution in [3.63, 3.8) is 0 Å². The van der Waals surface area contributed by atoms with Gasteiger partial charge >= 0.3 is 0 Å². The fraction of sp³-hybridized carbons (Fsp3) is 0.375. The summed E-state index contributed by atoms with van der Waals surface area (Å²) in [7, 11) is 0. The van der Waals surface area contributed by atoms with E-state index in [0.29, 0.717) is 0 Å². The van der Waals surface area contributed by atoms with E-state index in [1.807, 2.05) is 18.5 Å². The van der Waals surface area contributed by atoms with Crippen molar-refractivity contribution in [1.29, 1.82) is 0 Å². The summed E-state index contributed by atoms with van der Waals surface area (Å²) in [5.74, 6) is 1.81. The Morgan fingerprint density at radius 2 is 1.89 bits per heavy atom. The Morgan fingerprint density at radius 3 is 2.68 bits per heavy atom. The molecule has 1 aromatic carbocycles. The van der Waals surface area contributed by atoms with Crippen LogP contribution in [-0.2, 0) is 12.0 Å². The third-order valence-electron chi connectivity index (χ3n) is 4.48. The van der Waals surface area contributed by atoms with E-state index in [-0.39, 0.29) is 5.41 Å². The highest BCUT2D eigenvalue weighted by Crippen LogP contribution is 2.57. The molecule has 2 heterocycles. The first-order valence-corrected chi connectivity index (χ1v) is 6.91. The summed E-state index contributed by atoms with van der Waals surface area (Å²) in [6.07, 6.45) is 5.00. The normalized spacial score (nSPS) is 29.2. The molecule has 2 aliphatic rings. The van der Waals surface area contributed by atoms with Crippen molar-refractivity contribution in [2.24, 2.45) is 5.92 Å². The van der Waals surface area contributed by atoms with Crippen molar-refractivity contribution in [3.05, 3.63) is 60.2 Å². The lowest BCUT2D eigenvalue weighted by Gasteiger charge is -2.20. The van der Waals surface area contributed by atoms with E-state index in [1.54, 1.807) is 0 Å². The molecule has 19 heavy (non-hydrogen) atoms. The lowest BCUT2D eigenvalue weighted by Crippen LogP contribution is -2.27. The molecule has 1 aromatic heterocycles. The molecule has 2 aromatic rings. The van der Waals surface area contributed by atoms with Crippen LogP contribution in [0.15, 0.2) is 48.8 Å². The third kappa shape index (κ3) is 1.85. The van der Waals surface area contributed by atoms with Crippen molar-refractivity contribution in [1.82, 2.24) is 14.9 Å². The lowest BCUT2D eigenvalue weighted by molar-refractivity contribution is 0.288. The topological polar surface area (TPSA) is 29.0 Å². The van der Waals surface area contributed by atoms with Crippen LogP contribution in [-0.4, -0.2) is 28.0 Å². The van der Waals surface area contributed by atoms with E-state index < -0.39 is 0 Å². The summed E-state index contributed by atoms with van der Waals surface area (Å²) in [5.41, 5.74) is 1.66. The zero-order valence-electron chi connectivity index (χ0n) is 10.9. The zero-order chi connectivity index (χ0) is 12.7. The average Bonchev–Trinajstić information content (AvgIpc) is 3.04. The molecule has 96 valence electrons. The second kappa shape index (κ2) is 4.14. The summed E-state index contributed by atoms with van der Waals surface area (Å²) < 4.78 is 0. The Morgan fingerprint density at radius 1 is 1.11 bits per heavy atom. The summed E-state index contributed by atoms with van der Waals surface area (Å²) in [5, 5.41) is 0.